The van der Waals surface area contributed by atoms with Crippen LogP contribution in [0.4, 0.5) is 0 Å². The first-order valence-corrected chi connectivity index (χ1v) is 14.5. The minimum atomic E-state index is -1.88. The van der Waals surface area contributed by atoms with Crippen molar-refractivity contribution in [3.63, 3.8) is 0 Å². The van der Waals surface area contributed by atoms with E-state index < -0.39 is 8.32 Å². The molecule has 0 N–H and O–H groups in total. The fourth-order valence-corrected chi connectivity index (χ4v) is 6.17. The largest absolute Gasteiger partial charge is 0.543 e. The van der Waals surface area contributed by atoms with Gasteiger partial charge in [0.1, 0.15) is 11.5 Å². The van der Waals surface area contributed by atoms with Crippen LogP contribution in [0.15, 0.2) is 24.3 Å². The Balaban J connectivity index is 1.60. The number of hydrogen-bond acceptors (Lipinski definition) is 3. The quantitative estimate of drug-likeness (QED) is 0.572. The van der Waals surface area contributed by atoms with Crippen LogP contribution in [0.1, 0.15) is 64.9 Å². The van der Waals surface area contributed by atoms with Gasteiger partial charge in [-0.25, -0.2) is 0 Å². The summed E-state index contributed by atoms with van der Waals surface area (Å²) in [5, 5.41) is 0.179. The van der Waals surface area contributed by atoms with E-state index in [1.807, 2.05) is 0 Å². The molecule has 4 heteroatoms. The number of likely N-dealkylation sites (tertiary alicyclic amines) is 1. The van der Waals surface area contributed by atoms with E-state index in [9.17, 15) is 4.79 Å². The molecule has 2 aliphatic carbocycles. The maximum atomic E-state index is 12.6. The van der Waals surface area contributed by atoms with Gasteiger partial charge < -0.3 is 9.33 Å². The third kappa shape index (κ3) is 4.34. The zero-order chi connectivity index (χ0) is 20.9. The van der Waals surface area contributed by atoms with Gasteiger partial charge in [-0.1, -0.05) is 32.9 Å². The molecule has 1 aromatic rings. The van der Waals surface area contributed by atoms with Crippen molar-refractivity contribution in [2.24, 2.45) is 11.8 Å². The highest BCUT2D eigenvalue weighted by Gasteiger charge is 2.48. The van der Waals surface area contributed by atoms with Crippen LogP contribution in [0.3, 0.4) is 0 Å². The maximum Gasteiger partial charge on any atom is 0.250 e. The predicted molar refractivity (Wildman–Crippen MR) is 122 cm³/mol. The lowest BCUT2D eigenvalue weighted by Gasteiger charge is -2.51. The summed E-state index contributed by atoms with van der Waals surface area (Å²) in [7, 11) is -1.88. The Labute approximate surface area is 178 Å². The van der Waals surface area contributed by atoms with Crippen molar-refractivity contribution in [3.05, 3.63) is 29.8 Å². The molecular formula is C25H39NO2Si. The van der Waals surface area contributed by atoms with Gasteiger partial charge in [-0.2, -0.15) is 0 Å². The highest BCUT2D eigenvalue weighted by atomic mass is 28.4. The topological polar surface area (TPSA) is 29.5 Å². The number of Topliss-reactive ketones (excluding diaryl/α,β-unsaturated/α-hetero) is 1. The fraction of sp³-hybridized carbons (Fsp3) is 0.720. The van der Waals surface area contributed by atoms with Gasteiger partial charge in [0.2, 0.25) is 8.32 Å². The first-order valence-electron chi connectivity index (χ1n) is 11.6. The van der Waals surface area contributed by atoms with Crippen molar-refractivity contribution in [2.75, 3.05) is 19.6 Å². The van der Waals surface area contributed by atoms with E-state index in [1.165, 1.54) is 24.9 Å². The molecule has 2 saturated carbocycles. The zero-order valence-corrected chi connectivity index (χ0v) is 20.1. The Morgan fingerprint density at radius 1 is 1.21 bits per heavy atom. The third-order valence-electron chi connectivity index (χ3n) is 8.22. The molecule has 3 fully saturated rings. The van der Waals surface area contributed by atoms with Gasteiger partial charge >= 0.3 is 0 Å². The lowest BCUT2D eigenvalue weighted by molar-refractivity contribution is -0.125. The summed E-state index contributed by atoms with van der Waals surface area (Å²) in [4.78, 5) is 15.3. The van der Waals surface area contributed by atoms with Crippen molar-refractivity contribution in [3.8, 4) is 5.75 Å². The summed E-state index contributed by atoms with van der Waals surface area (Å²) >= 11 is 0. The molecule has 160 valence electrons. The third-order valence-corrected chi connectivity index (χ3v) is 12.6. The summed E-state index contributed by atoms with van der Waals surface area (Å²) in [6.07, 6.45) is 6.48. The number of fused-ring (bicyclic) bond motifs is 1. The second kappa shape index (κ2) is 7.53. The van der Waals surface area contributed by atoms with Crippen molar-refractivity contribution >= 4 is 14.1 Å². The van der Waals surface area contributed by atoms with Gasteiger partial charge in [0.15, 0.2) is 0 Å². The second-order valence-electron chi connectivity index (χ2n) is 11.5. The molecule has 3 aliphatic rings. The summed E-state index contributed by atoms with van der Waals surface area (Å²) in [5.41, 5.74) is 1.36. The minimum Gasteiger partial charge on any atom is -0.543 e. The highest BCUT2D eigenvalue weighted by Crippen LogP contribution is 2.49. The molecule has 0 aromatic heterocycles. The van der Waals surface area contributed by atoms with Gasteiger partial charge in [0, 0.05) is 31.3 Å². The number of carbonyl (C=O) groups is 1. The molecule has 0 radical (unpaired) electrons. The number of piperidine rings is 1. The second-order valence-corrected chi connectivity index (χ2v) is 16.2. The lowest BCUT2D eigenvalue weighted by Crippen LogP contribution is -2.53. The minimum absolute atomic E-state index is 0.0161. The van der Waals surface area contributed by atoms with Gasteiger partial charge in [-0.15, -0.1) is 0 Å². The van der Waals surface area contributed by atoms with E-state index in [0.717, 1.165) is 50.4 Å². The van der Waals surface area contributed by atoms with E-state index >= 15 is 0 Å². The Hall–Kier alpha value is -1.13. The maximum absolute atomic E-state index is 12.6. The van der Waals surface area contributed by atoms with Crippen LogP contribution in [0.5, 0.6) is 5.75 Å². The number of hydrogen-bond donors (Lipinski definition) is 0. The molecule has 3 nitrogen and oxygen atoms in total. The standard InChI is InChI=1S/C25H39NO2Si/c1-24(2,3)29(4,5)28-23-8-6-7-20(15-23)25-13-14-26(17-19-9-10-19)18-21(25)11-12-22(27)16-25/h6-8,15,19,21H,9-14,16-18H2,1-5H3. The molecule has 1 heterocycles. The Bertz CT molecular complexity index is 764. The van der Waals surface area contributed by atoms with Gasteiger partial charge in [0.05, 0.1) is 0 Å². The number of benzene rings is 1. The fourth-order valence-electron chi connectivity index (χ4n) is 5.15. The van der Waals surface area contributed by atoms with Crippen molar-refractivity contribution < 1.29 is 9.22 Å². The van der Waals surface area contributed by atoms with Gasteiger partial charge in [-0.3, -0.25) is 4.79 Å². The summed E-state index contributed by atoms with van der Waals surface area (Å²) < 4.78 is 6.63. The van der Waals surface area contributed by atoms with Crippen LogP contribution in [-0.4, -0.2) is 38.6 Å². The monoisotopic (exact) mass is 413 g/mol. The predicted octanol–water partition coefficient (Wildman–Crippen LogP) is 5.79. The van der Waals surface area contributed by atoms with Crippen LogP contribution in [-0.2, 0) is 10.2 Å². The average molecular weight is 414 g/mol. The molecule has 1 aliphatic heterocycles. The molecule has 1 saturated heterocycles. The zero-order valence-electron chi connectivity index (χ0n) is 19.1. The number of carbonyl (C=O) groups excluding carboxylic acids is 1. The normalized spacial score (nSPS) is 28.9. The molecule has 0 bridgehead atoms. The summed E-state index contributed by atoms with van der Waals surface area (Å²) in [6.45, 7) is 15.0. The SMILES string of the molecule is CC(C)(C)[Si](C)(C)Oc1cccc(C23CCN(CC4CC4)CC2CCC(=O)C3)c1. The smallest absolute Gasteiger partial charge is 0.250 e. The van der Waals surface area contributed by atoms with Gasteiger partial charge in [0.25, 0.3) is 0 Å². The molecule has 0 spiro atoms. The van der Waals surface area contributed by atoms with Crippen molar-refractivity contribution in [1.29, 1.82) is 0 Å². The van der Waals surface area contributed by atoms with Crippen molar-refractivity contribution in [2.45, 2.75) is 82.8 Å². The molecule has 1 aromatic carbocycles. The van der Waals surface area contributed by atoms with Crippen LogP contribution in [0.25, 0.3) is 0 Å². The van der Waals surface area contributed by atoms with E-state index in [2.05, 4.69) is 63.0 Å². The summed E-state index contributed by atoms with van der Waals surface area (Å²) in [6, 6.07) is 8.81. The number of rotatable bonds is 5. The highest BCUT2D eigenvalue weighted by molar-refractivity contribution is 6.74. The lowest BCUT2D eigenvalue weighted by atomic mass is 9.59. The van der Waals surface area contributed by atoms with Crippen LogP contribution in [0.2, 0.25) is 18.1 Å². The molecule has 2 unspecified atom stereocenters. The molecule has 2 atom stereocenters. The summed E-state index contributed by atoms with van der Waals surface area (Å²) in [5.74, 6) is 2.98. The molecule has 29 heavy (non-hydrogen) atoms. The van der Waals surface area contributed by atoms with Gasteiger partial charge in [-0.05, 0) is 79.9 Å². The van der Waals surface area contributed by atoms with E-state index in [-0.39, 0.29) is 10.5 Å². The van der Waals surface area contributed by atoms with Crippen LogP contribution >= 0.6 is 0 Å². The molecular weight excluding hydrogens is 374 g/mol. The average Bonchev–Trinajstić information content (AvgIpc) is 3.45. The van der Waals surface area contributed by atoms with E-state index in [1.54, 1.807) is 0 Å². The number of nitrogens with zero attached hydrogens (tertiary/aromatic N) is 1. The Kier molecular flexibility index (Phi) is 5.48. The number of ketones is 1. The van der Waals surface area contributed by atoms with E-state index in [4.69, 9.17) is 4.43 Å². The van der Waals surface area contributed by atoms with E-state index in [0.29, 0.717) is 11.7 Å². The Morgan fingerprint density at radius 2 is 1.97 bits per heavy atom. The van der Waals surface area contributed by atoms with Crippen molar-refractivity contribution in [1.82, 2.24) is 4.90 Å². The first kappa shape index (κ1) is 21.1. The van der Waals surface area contributed by atoms with Crippen LogP contribution in [0, 0.1) is 11.8 Å². The Morgan fingerprint density at radius 3 is 2.66 bits per heavy atom. The molecule has 4 rings (SSSR count). The molecule has 0 amide bonds. The first-order chi connectivity index (χ1) is 13.6. The van der Waals surface area contributed by atoms with Crippen LogP contribution < -0.4 is 4.43 Å².